The van der Waals surface area contributed by atoms with E-state index < -0.39 is 28.5 Å². The van der Waals surface area contributed by atoms with Crippen molar-refractivity contribution in [2.45, 2.75) is 32.9 Å². The number of nitrogens with zero attached hydrogens (tertiary/aromatic N) is 2. The molecule has 0 aliphatic heterocycles. The first kappa shape index (κ1) is 30.8. The molecule has 1 unspecified atom stereocenters. The van der Waals surface area contributed by atoms with Crippen LogP contribution in [0.4, 0.5) is 5.69 Å². The number of carbonyl (C=O) groups excluding carboxylic acids is 2. The summed E-state index contributed by atoms with van der Waals surface area (Å²) in [6.45, 7) is 3.57. The van der Waals surface area contributed by atoms with E-state index in [1.165, 1.54) is 17.0 Å². The Morgan fingerprint density at radius 3 is 2.15 bits per heavy atom. The second kappa shape index (κ2) is 13.5. The van der Waals surface area contributed by atoms with E-state index in [0.717, 1.165) is 27.3 Å². The van der Waals surface area contributed by atoms with E-state index in [1.54, 1.807) is 6.92 Å². The van der Waals surface area contributed by atoms with Crippen molar-refractivity contribution >= 4 is 62.3 Å². The van der Waals surface area contributed by atoms with Crippen molar-refractivity contribution in [3.8, 4) is 0 Å². The van der Waals surface area contributed by atoms with Crippen LogP contribution < -0.4 is 9.62 Å². The van der Waals surface area contributed by atoms with Gasteiger partial charge in [-0.15, -0.1) is 0 Å². The lowest BCUT2D eigenvalue weighted by Gasteiger charge is -2.33. The molecule has 208 valence electrons. The van der Waals surface area contributed by atoms with Gasteiger partial charge in [0, 0.05) is 19.5 Å². The number of halogens is 3. The van der Waals surface area contributed by atoms with E-state index in [2.05, 4.69) is 5.32 Å². The van der Waals surface area contributed by atoms with Crippen molar-refractivity contribution in [1.82, 2.24) is 10.2 Å². The summed E-state index contributed by atoms with van der Waals surface area (Å²) in [6, 6.07) is 18.6. The van der Waals surface area contributed by atoms with E-state index in [-0.39, 0.29) is 39.6 Å². The minimum Gasteiger partial charge on any atom is -0.355 e. The fourth-order valence-corrected chi connectivity index (χ4v) is 5.70. The molecule has 3 aromatic carbocycles. The molecule has 0 bridgehead atoms. The molecule has 1 N–H and O–H groups in total. The number of hydrogen-bond donors (Lipinski definition) is 1. The van der Waals surface area contributed by atoms with E-state index >= 15 is 0 Å². The van der Waals surface area contributed by atoms with Gasteiger partial charge in [-0.05, 0) is 37.1 Å². The number of likely N-dealkylation sites (N-methyl/N-ethyl adjacent to an activating group) is 1. The predicted molar refractivity (Wildman–Crippen MR) is 158 cm³/mol. The zero-order chi connectivity index (χ0) is 28.7. The molecule has 3 aromatic rings. The van der Waals surface area contributed by atoms with Gasteiger partial charge in [0.15, 0.2) is 0 Å². The van der Waals surface area contributed by atoms with Crippen LogP contribution in [0.1, 0.15) is 23.6 Å². The summed E-state index contributed by atoms with van der Waals surface area (Å²) in [5, 5.41) is 3.06. The third-order valence-corrected chi connectivity index (χ3v) is 8.15. The second-order valence-electron chi connectivity index (χ2n) is 9.10. The third kappa shape index (κ3) is 8.35. The highest BCUT2D eigenvalue weighted by Gasteiger charge is 2.33. The summed E-state index contributed by atoms with van der Waals surface area (Å²) in [6.07, 6.45) is 1.20. The van der Waals surface area contributed by atoms with Gasteiger partial charge in [-0.2, -0.15) is 0 Å². The molecular weight excluding hydrogens is 581 g/mol. The molecule has 0 radical (unpaired) electrons. The average molecular weight is 611 g/mol. The molecule has 0 heterocycles. The van der Waals surface area contributed by atoms with Crippen LogP contribution in [0.2, 0.25) is 15.1 Å². The minimum absolute atomic E-state index is 0.00930. The standard InChI is InChI=1S/C28H30Cl3N3O4S/c1-4-32-28(36)26(14-20-10-6-5-7-11-20)33(17-21-12-8-9-19(2)13-21)27(35)18-34(39(3,37)38)25-16-23(30)22(29)15-24(25)31/h5-13,15-16,26H,4,14,17-18H2,1-3H3,(H,32,36). The normalized spacial score (nSPS) is 12.1. The summed E-state index contributed by atoms with van der Waals surface area (Å²) >= 11 is 18.5. The fraction of sp³-hybridized carbons (Fsp3) is 0.286. The lowest BCUT2D eigenvalue weighted by atomic mass is 10.0. The molecule has 1 atom stereocenters. The SMILES string of the molecule is CCNC(=O)C(Cc1ccccc1)N(Cc1cccc(C)c1)C(=O)CN(c1cc(Cl)c(Cl)cc1Cl)S(C)(=O)=O. The van der Waals surface area contributed by atoms with E-state index in [1.807, 2.05) is 61.5 Å². The van der Waals surface area contributed by atoms with Gasteiger partial charge in [-0.1, -0.05) is 95.0 Å². The van der Waals surface area contributed by atoms with Gasteiger partial charge in [0.05, 0.1) is 27.0 Å². The Balaban J connectivity index is 2.08. The van der Waals surface area contributed by atoms with Crippen molar-refractivity contribution in [3.63, 3.8) is 0 Å². The maximum absolute atomic E-state index is 14.0. The van der Waals surface area contributed by atoms with Gasteiger partial charge < -0.3 is 10.2 Å². The number of rotatable bonds is 11. The van der Waals surface area contributed by atoms with Gasteiger partial charge in [-0.3, -0.25) is 13.9 Å². The van der Waals surface area contributed by atoms with Gasteiger partial charge in [0.1, 0.15) is 12.6 Å². The Labute approximate surface area is 244 Å². The van der Waals surface area contributed by atoms with Crippen molar-refractivity contribution in [3.05, 3.63) is 98.5 Å². The van der Waals surface area contributed by atoms with Crippen LogP contribution in [0.15, 0.2) is 66.7 Å². The summed E-state index contributed by atoms with van der Waals surface area (Å²) < 4.78 is 26.6. The number of benzene rings is 3. The topological polar surface area (TPSA) is 86.8 Å². The summed E-state index contributed by atoms with van der Waals surface area (Å²) in [4.78, 5) is 28.8. The number of nitrogens with one attached hydrogen (secondary N) is 1. The highest BCUT2D eigenvalue weighted by atomic mass is 35.5. The van der Waals surface area contributed by atoms with Crippen molar-refractivity contribution in [2.75, 3.05) is 23.7 Å². The number of anilines is 1. The van der Waals surface area contributed by atoms with Crippen molar-refractivity contribution in [2.24, 2.45) is 0 Å². The average Bonchev–Trinajstić information content (AvgIpc) is 2.87. The van der Waals surface area contributed by atoms with Gasteiger partial charge in [-0.25, -0.2) is 8.42 Å². The first-order valence-electron chi connectivity index (χ1n) is 12.2. The maximum atomic E-state index is 14.0. The van der Waals surface area contributed by atoms with Crippen molar-refractivity contribution < 1.29 is 18.0 Å². The van der Waals surface area contributed by atoms with Crippen LogP contribution in [0.5, 0.6) is 0 Å². The quantitative estimate of drug-likeness (QED) is 0.291. The smallest absolute Gasteiger partial charge is 0.244 e. The zero-order valence-electron chi connectivity index (χ0n) is 21.8. The molecule has 0 saturated heterocycles. The first-order chi connectivity index (χ1) is 18.4. The second-order valence-corrected chi connectivity index (χ2v) is 12.2. The van der Waals surface area contributed by atoms with Crippen LogP contribution >= 0.6 is 34.8 Å². The highest BCUT2D eigenvalue weighted by Crippen LogP contribution is 2.35. The van der Waals surface area contributed by atoms with Crippen LogP contribution in [0.3, 0.4) is 0 Å². The molecule has 0 fully saturated rings. The summed E-state index contributed by atoms with van der Waals surface area (Å²) in [5.74, 6) is -0.933. The van der Waals surface area contributed by atoms with Crippen LogP contribution in [0.25, 0.3) is 0 Å². The van der Waals surface area contributed by atoms with Crippen LogP contribution in [-0.2, 0) is 32.6 Å². The number of carbonyl (C=O) groups is 2. The Kier molecular flexibility index (Phi) is 10.7. The predicted octanol–water partition coefficient (Wildman–Crippen LogP) is 5.50. The molecule has 11 heteroatoms. The van der Waals surface area contributed by atoms with E-state index in [4.69, 9.17) is 34.8 Å². The monoisotopic (exact) mass is 609 g/mol. The fourth-order valence-electron chi connectivity index (χ4n) is 4.15. The van der Waals surface area contributed by atoms with Crippen LogP contribution in [0, 0.1) is 6.92 Å². The Hall–Kier alpha value is -2.78. The molecule has 39 heavy (non-hydrogen) atoms. The highest BCUT2D eigenvalue weighted by molar-refractivity contribution is 7.92. The Bertz CT molecular complexity index is 1440. The largest absolute Gasteiger partial charge is 0.355 e. The molecular formula is C28H30Cl3N3O4S. The summed E-state index contributed by atoms with van der Waals surface area (Å²) in [5.41, 5.74) is 2.64. The number of aryl methyl sites for hydroxylation is 1. The number of amides is 2. The van der Waals surface area contributed by atoms with Crippen LogP contribution in [-0.4, -0.2) is 50.5 Å². The van der Waals surface area contributed by atoms with Gasteiger partial charge in [0.2, 0.25) is 21.8 Å². The zero-order valence-corrected chi connectivity index (χ0v) is 24.9. The first-order valence-corrected chi connectivity index (χ1v) is 15.2. The molecule has 2 amide bonds. The molecule has 0 aliphatic carbocycles. The third-order valence-electron chi connectivity index (χ3n) is 6.00. The Morgan fingerprint density at radius 2 is 1.54 bits per heavy atom. The van der Waals surface area contributed by atoms with E-state index in [9.17, 15) is 18.0 Å². The number of sulfonamides is 1. The molecule has 0 saturated carbocycles. The molecule has 0 spiro atoms. The molecule has 0 aliphatic rings. The van der Waals surface area contributed by atoms with E-state index in [0.29, 0.717) is 6.54 Å². The number of hydrogen-bond acceptors (Lipinski definition) is 4. The molecule has 7 nitrogen and oxygen atoms in total. The lowest BCUT2D eigenvalue weighted by Crippen LogP contribution is -2.53. The summed E-state index contributed by atoms with van der Waals surface area (Å²) in [7, 11) is -3.99. The molecule has 0 aromatic heterocycles. The molecule has 3 rings (SSSR count). The Morgan fingerprint density at radius 1 is 0.897 bits per heavy atom. The van der Waals surface area contributed by atoms with Crippen molar-refractivity contribution in [1.29, 1.82) is 0 Å². The minimum atomic E-state index is -3.99. The van der Waals surface area contributed by atoms with Gasteiger partial charge >= 0.3 is 0 Å². The maximum Gasteiger partial charge on any atom is 0.244 e. The van der Waals surface area contributed by atoms with Gasteiger partial charge in [0.25, 0.3) is 0 Å². The lowest BCUT2D eigenvalue weighted by molar-refractivity contribution is -0.140.